The van der Waals surface area contributed by atoms with Gasteiger partial charge in [0, 0.05) is 17.2 Å². The molecular formula is C11H16N4. The van der Waals surface area contributed by atoms with Crippen LogP contribution in [0.5, 0.6) is 0 Å². The quantitative estimate of drug-likeness (QED) is 0.566. The lowest BCUT2D eigenvalue weighted by molar-refractivity contribution is 0.400. The minimum Gasteiger partial charge on any atom is -0.308 e. The Morgan fingerprint density at radius 1 is 1.13 bits per heavy atom. The van der Waals surface area contributed by atoms with Gasteiger partial charge in [-0.15, -0.1) is 0 Å². The molecule has 3 rings (SSSR count). The van der Waals surface area contributed by atoms with Crippen molar-refractivity contribution in [1.29, 1.82) is 0 Å². The van der Waals surface area contributed by atoms with Gasteiger partial charge in [0.1, 0.15) is 11.6 Å². The lowest BCUT2D eigenvalue weighted by Gasteiger charge is -2.24. The molecule has 4 nitrogen and oxygen atoms in total. The van der Waals surface area contributed by atoms with Crippen LogP contribution in [0.2, 0.25) is 0 Å². The molecule has 0 radical (unpaired) electrons. The summed E-state index contributed by atoms with van der Waals surface area (Å²) >= 11 is 0. The summed E-state index contributed by atoms with van der Waals surface area (Å²) in [6, 6.07) is 0. The maximum absolute atomic E-state index is 5.51. The predicted octanol–water partition coefficient (Wildman–Crippen LogP) is 1.52. The Kier molecular flexibility index (Phi) is 2.09. The zero-order valence-electron chi connectivity index (χ0n) is 8.79. The molecule has 0 aromatic carbocycles. The van der Waals surface area contributed by atoms with E-state index in [1.54, 1.807) is 0 Å². The van der Waals surface area contributed by atoms with Crippen LogP contribution in [0.15, 0.2) is 0 Å². The first-order chi connectivity index (χ1) is 7.38. The Balaban J connectivity index is 2.02. The maximum atomic E-state index is 5.51. The molecule has 1 heterocycles. The Morgan fingerprint density at radius 3 is 2.67 bits per heavy atom. The lowest BCUT2D eigenvalue weighted by Crippen LogP contribution is -2.18. The minimum atomic E-state index is 0.586. The molecular weight excluding hydrogens is 188 g/mol. The average molecular weight is 204 g/mol. The third-order valence-electron chi connectivity index (χ3n) is 3.56. The molecule has 1 saturated carbocycles. The van der Waals surface area contributed by atoms with Crippen molar-refractivity contribution in [3.05, 3.63) is 17.1 Å². The molecule has 80 valence electrons. The molecule has 1 aromatic heterocycles. The van der Waals surface area contributed by atoms with Crippen LogP contribution in [0.4, 0.5) is 5.82 Å². The Labute approximate surface area is 89.3 Å². The highest BCUT2D eigenvalue weighted by Gasteiger charge is 2.26. The largest absolute Gasteiger partial charge is 0.308 e. The van der Waals surface area contributed by atoms with Crippen LogP contribution in [-0.4, -0.2) is 9.97 Å². The van der Waals surface area contributed by atoms with Crippen LogP contribution in [0.1, 0.15) is 48.7 Å². The first-order valence-corrected chi connectivity index (χ1v) is 5.75. The molecule has 0 spiro atoms. The SMILES string of the molecule is NNc1nc(C2CCC2)nc2c1CCC2. The second-order valence-electron chi connectivity index (χ2n) is 4.48. The van der Waals surface area contributed by atoms with Crippen LogP contribution in [0.25, 0.3) is 0 Å². The van der Waals surface area contributed by atoms with Crippen molar-refractivity contribution in [2.75, 3.05) is 5.43 Å². The van der Waals surface area contributed by atoms with E-state index in [-0.39, 0.29) is 0 Å². The second-order valence-corrected chi connectivity index (χ2v) is 4.48. The Morgan fingerprint density at radius 2 is 2.00 bits per heavy atom. The molecule has 0 aliphatic heterocycles. The number of hydrazine groups is 1. The van der Waals surface area contributed by atoms with Crippen molar-refractivity contribution < 1.29 is 0 Å². The van der Waals surface area contributed by atoms with Crippen LogP contribution in [0.3, 0.4) is 0 Å². The van der Waals surface area contributed by atoms with Gasteiger partial charge in [-0.05, 0) is 32.1 Å². The second kappa shape index (κ2) is 3.45. The van der Waals surface area contributed by atoms with Gasteiger partial charge < -0.3 is 5.43 Å². The molecule has 2 aliphatic carbocycles. The molecule has 0 bridgehead atoms. The van der Waals surface area contributed by atoms with Crippen molar-refractivity contribution in [2.24, 2.45) is 5.84 Å². The van der Waals surface area contributed by atoms with E-state index in [0.717, 1.165) is 24.5 Å². The molecule has 1 fully saturated rings. The van der Waals surface area contributed by atoms with Gasteiger partial charge in [0.15, 0.2) is 0 Å². The highest BCUT2D eigenvalue weighted by Crippen LogP contribution is 2.36. The number of aryl methyl sites for hydroxylation is 1. The van der Waals surface area contributed by atoms with E-state index in [9.17, 15) is 0 Å². The molecule has 0 saturated heterocycles. The van der Waals surface area contributed by atoms with Crippen LogP contribution in [-0.2, 0) is 12.8 Å². The number of nitrogens with one attached hydrogen (secondary N) is 1. The molecule has 1 aromatic rings. The van der Waals surface area contributed by atoms with Crippen molar-refractivity contribution in [1.82, 2.24) is 9.97 Å². The Hall–Kier alpha value is -1.16. The van der Waals surface area contributed by atoms with E-state index in [1.165, 1.54) is 36.9 Å². The van der Waals surface area contributed by atoms with Gasteiger partial charge in [-0.2, -0.15) is 0 Å². The van der Waals surface area contributed by atoms with Gasteiger partial charge in [-0.3, -0.25) is 0 Å². The van der Waals surface area contributed by atoms with E-state index in [4.69, 9.17) is 5.84 Å². The predicted molar refractivity (Wildman–Crippen MR) is 58.5 cm³/mol. The number of rotatable bonds is 2. The van der Waals surface area contributed by atoms with E-state index in [1.807, 2.05) is 0 Å². The first-order valence-electron chi connectivity index (χ1n) is 5.75. The average Bonchev–Trinajstić information content (AvgIpc) is 2.61. The Bertz CT molecular complexity index is 384. The molecule has 2 aliphatic rings. The van der Waals surface area contributed by atoms with Crippen molar-refractivity contribution in [2.45, 2.75) is 44.4 Å². The van der Waals surface area contributed by atoms with E-state index in [0.29, 0.717) is 5.92 Å². The third kappa shape index (κ3) is 1.40. The highest BCUT2D eigenvalue weighted by molar-refractivity contribution is 5.48. The van der Waals surface area contributed by atoms with Gasteiger partial charge >= 0.3 is 0 Å². The number of nitrogen functional groups attached to an aromatic ring is 1. The van der Waals surface area contributed by atoms with Crippen LogP contribution in [0, 0.1) is 0 Å². The summed E-state index contributed by atoms with van der Waals surface area (Å²) in [5, 5.41) is 0. The molecule has 0 atom stereocenters. The van der Waals surface area contributed by atoms with Gasteiger partial charge in [0.05, 0.1) is 0 Å². The number of anilines is 1. The van der Waals surface area contributed by atoms with Gasteiger partial charge in [-0.1, -0.05) is 6.42 Å². The maximum Gasteiger partial charge on any atom is 0.147 e. The van der Waals surface area contributed by atoms with Gasteiger partial charge in [0.25, 0.3) is 0 Å². The van der Waals surface area contributed by atoms with Gasteiger partial charge in [0.2, 0.25) is 0 Å². The summed E-state index contributed by atoms with van der Waals surface area (Å²) in [5.41, 5.74) is 5.18. The van der Waals surface area contributed by atoms with Gasteiger partial charge in [-0.25, -0.2) is 15.8 Å². The molecule has 3 N–H and O–H groups in total. The van der Waals surface area contributed by atoms with Crippen LogP contribution >= 0.6 is 0 Å². The minimum absolute atomic E-state index is 0.586. The fraction of sp³-hybridized carbons (Fsp3) is 0.636. The normalized spacial score (nSPS) is 19.8. The van der Waals surface area contributed by atoms with E-state index < -0.39 is 0 Å². The third-order valence-corrected chi connectivity index (χ3v) is 3.56. The number of hydrogen-bond donors (Lipinski definition) is 2. The van der Waals surface area contributed by atoms with Crippen molar-refractivity contribution in [3.8, 4) is 0 Å². The molecule has 15 heavy (non-hydrogen) atoms. The topological polar surface area (TPSA) is 63.8 Å². The summed E-state index contributed by atoms with van der Waals surface area (Å²) in [5.74, 6) is 7.97. The summed E-state index contributed by atoms with van der Waals surface area (Å²) in [6.07, 6.45) is 7.14. The molecule has 0 amide bonds. The van der Waals surface area contributed by atoms with E-state index >= 15 is 0 Å². The monoisotopic (exact) mass is 204 g/mol. The molecule has 0 unspecified atom stereocenters. The first kappa shape index (κ1) is 9.09. The number of nitrogens with zero attached hydrogens (tertiary/aromatic N) is 2. The fourth-order valence-corrected chi connectivity index (χ4v) is 2.42. The lowest BCUT2D eigenvalue weighted by atomic mass is 9.85. The standard InChI is InChI=1S/C11H16N4/c12-15-11-8-5-2-6-9(8)13-10(14-11)7-3-1-4-7/h7H,1-6,12H2,(H,13,14,15). The smallest absolute Gasteiger partial charge is 0.147 e. The summed E-state index contributed by atoms with van der Waals surface area (Å²) < 4.78 is 0. The van der Waals surface area contributed by atoms with Crippen LogP contribution < -0.4 is 11.3 Å². The summed E-state index contributed by atoms with van der Waals surface area (Å²) in [7, 11) is 0. The fourth-order valence-electron chi connectivity index (χ4n) is 2.42. The van der Waals surface area contributed by atoms with Crippen molar-refractivity contribution >= 4 is 5.82 Å². The van der Waals surface area contributed by atoms with Crippen molar-refractivity contribution in [3.63, 3.8) is 0 Å². The number of fused-ring (bicyclic) bond motifs is 1. The number of aromatic nitrogens is 2. The summed E-state index contributed by atoms with van der Waals surface area (Å²) in [6.45, 7) is 0. The number of hydrogen-bond acceptors (Lipinski definition) is 4. The highest BCUT2D eigenvalue weighted by atomic mass is 15.3. The zero-order valence-corrected chi connectivity index (χ0v) is 8.79. The molecule has 4 heteroatoms. The zero-order chi connectivity index (χ0) is 10.3. The summed E-state index contributed by atoms with van der Waals surface area (Å²) in [4.78, 5) is 9.21. The number of nitrogens with two attached hydrogens (primary N) is 1. The van der Waals surface area contributed by atoms with E-state index in [2.05, 4.69) is 15.4 Å².